The van der Waals surface area contributed by atoms with Gasteiger partial charge in [-0.15, -0.1) is 0 Å². The molecule has 2 unspecified atom stereocenters. The van der Waals surface area contributed by atoms with Crippen LogP contribution in [0.15, 0.2) is 0 Å². The van der Waals surface area contributed by atoms with Gasteiger partial charge in [0.15, 0.2) is 0 Å². The van der Waals surface area contributed by atoms with Gasteiger partial charge in [0.25, 0.3) is 0 Å². The maximum atomic E-state index is 11.4. The zero-order valence-corrected chi connectivity index (χ0v) is 8.75. The van der Waals surface area contributed by atoms with Gasteiger partial charge in [-0.25, -0.2) is 0 Å². The molecule has 3 nitrogen and oxygen atoms in total. The van der Waals surface area contributed by atoms with E-state index in [0.717, 1.165) is 19.5 Å². The van der Waals surface area contributed by atoms with E-state index in [1.807, 2.05) is 11.8 Å². The second kappa shape index (κ2) is 4.61. The minimum absolute atomic E-state index is 0.226. The van der Waals surface area contributed by atoms with Crippen molar-refractivity contribution in [2.75, 3.05) is 20.2 Å². The highest BCUT2D eigenvalue weighted by Gasteiger charge is 2.27. The monoisotopic (exact) mass is 185 g/mol. The van der Waals surface area contributed by atoms with Crippen LogP contribution < -0.4 is 0 Å². The molecule has 0 aromatic heterocycles. The van der Waals surface area contributed by atoms with Crippen molar-refractivity contribution in [1.29, 1.82) is 0 Å². The molecule has 3 heteroatoms. The highest BCUT2D eigenvalue weighted by Crippen LogP contribution is 2.19. The molecule has 1 heterocycles. The number of hydrogen-bond acceptors (Lipinski definition) is 2. The van der Waals surface area contributed by atoms with Crippen LogP contribution in [0.5, 0.6) is 0 Å². The average molecular weight is 185 g/mol. The molecule has 0 bridgehead atoms. The summed E-state index contributed by atoms with van der Waals surface area (Å²) in [5.41, 5.74) is 0. The van der Waals surface area contributed by atoms with E-state index < -0.39 is 0 Å². The number of likely N-dealkylation sites (tertiary alicyclic amines) is 1. The smallest absolute Gasteiger partial charge is 0.222 e. The second-order valence-corrected chi connectivity index (χ2v) is 3.73. The summed E-state index contributed by atoms with van der Waals surface area (Å²) in [5, 5.41) is 0. The Bertz CT molecular complexity index is 182. The van der Waals surface area contributed by atoms with E-state index in [9.17, 15) is 4.79 Å². The Labute approximate surface area is 80.1 Å². The molecule has 1 fully saturated rings. The molecule has 13 heavy (non-hydrogen) atoms. The van der Waals surface area contributed by atoms with Crippen LogP contribution in [0.25, 0.3) is 0 Å². The van der Waals surface area contributed by atoms with Gasteiger partial charge >= 0.3 is 0 Å². The molecule has 0 spiro atoms. The SMILES string of the molecule is CCC(=O)N1CCC(C)C(OC)C1. The minimum atomic E-state index is 0.226. The number of carbonyl (C=O) groups excluding carboxylic acids is 1. The van der Waals surface area contributed by atoms with Crippen LogP contribution >= 0.6 is 0 Å². The Morgan fingerprint density at radius 2 is 2.31 bits per heavy atom. The molecule has 0 aliphatic carbocycles. The zero-order valence-electron chi connectivity index (χ0n) is 8.75. The minimum Gasteiger partial charge on any atom is -0.379 e. The third-order valence-corrected chi connectivity index (χ3v) is 2.85. The summed E-state index contributed by atoms with van der Waals surface area (Å²) in [4.78, 5) is 13.3. The quantitative estimate of drug-likeness (QED) is 0.648. The van der Waals surface area contributed by atoms with E-state index in [1.165, 1.54) is 0 Å². The molecule has 0 aromatic rings. The Hall–Kier alpha value is -0.570. The van der Waals surface area contributed by atoms with Gasteiger partial charge in [0.2, 0.25) is 5.91 Å². The first-order chi connectivity index (χ1) is 6.19. The lowest BCUT2D eigenvalue weighted by Crippen LogP contribution is -2.46. The fraction of sp³-hybridized carbons (Fsp3) is 0.900. The fourth-order valence-corrected chi connectivity index (χ4v) is 1.79. The number of piperidine rings is 1. The number of nitrogens with zero attached hydrogens (tertiary/aromatic N) is 1. The Kier molecular flexibility index (Phi) is 3.72. The van der Waals surface area contributed by atoms with Crippen LogP contribution in [0, 0.1) is 5.92 Å². The first-order valence-electron chi connectivity index (χ1n) is 4.99. The van der Waals surface area contributed by atoms with E-state index in [2.05, 4.69) is 6.92 Å². The highest BCUT2D eigenvalue weighted by molar-refractivity contribution is 5.75. The van der Waals surface area contributed by atoms with Crippen molar-refractivity contribution >= 4 is 5.91 Å². The molecule has 2 atom stereocenters. The van der Waals surface area contributed by atoms with Crippen molar-refractivity contribution in [3.8, 4) is 0 Å². The van der Waals surface area contributed by atoms with Gasteiger partial charge in [0.1, 0.15) is 0 Å². The van der Waals surface area contributed by atoms with Gasteiger partial charge in [-0.05, 0) is 12.3 Å². The number of rotatable bonds is 2. The van der Waals surface area contributed by atoms with Crippen LogP contribution in [-0.4, -0.2) is 37.1 Å². The summed E-state index contributed by atoms with van der Waals surface area (Å²) in [6.07, 6.45) is 1.89. The largest absolute Gasteiger partial charge is 0.379 e. The van der Waals surface area contributed by atoms with E-state index in [-0.39, 0.29) is 12.0 Å². The highest BCUT2D eigenvalue weighted by atomic mass is 16.5. The van der Waals surface area contributed by atoms with Crippen molar-refractivity contribution in [1.82, 2.24) is 4.90 Å². The third kappa shape index (κ3) is 2.44. The summed E-state index contributed by atoms with van der Waals surface area (Å²) in [7, 11) is 1.72. The van der Waals surface area contributed by atoms with Crippen LogP contribution in [0.3, 0.4) is 0 Å². The summed E-state index contributed by atoms with van der Waals surface area (Å²) in [6, 6.07) is 0. The lowest BCUT2D eigenvalue weighted by Gasteiger charge is -2.36. The molecule has 1 aliphatic heterocycles. The molecule has 1 saturated heterocycles. The number of methoxy groups -OCH3 is 1. The van der Waals surface area contributed by atoms with Gasteiger partial charge in [-0.3, -0.25) is 4.79 Å². The number of amides is 1. The van der Waals surface area contributed by atoms with Crippen LogP contribution in [0.1, 0.15) is 26.7 Å². The summed E-state index contributed by atoms with van der Waals surface area (Å²) < 4.78 is 5.33. The maximum absolute atomic E-state index is 11.4. The van der Waals surface area contributed by atoms with E-state index in [4.69, 9.17) is 4.74 Å². The van der Waals surface area contributed by atoms with Gasteiger partial charge in [0.05, 0.1) is 6.10 Å². The number of hydrogen-bond donors (Lipinski definition) is 0. The fourth-order valence-electron chi connectivity index (χ4n) is 1.79. The first-order valence-corrected chi connectivity index (χ1v) is 4.99. The van der Waals surface area contributed by atoms with Crippen molar-refractivity contribution in [3.05, 3.63) is 0 Å². The molecule has 1 aliphatic rings. The molecule has 1 rings (SSSR count). The lowest BCUT2D eigenvalue weighted by atomic mass is 9.96. The van der Waals surface area contributed by atoms with Crippen LogP contribution in [0.4, 0.5) is 0 Å². The van der Waals surface area contributed by atoms with E-state index >= 15 is 0 Å². The molecule has 1 amide bonds. The summed E-state index contributed by atoms with van der Waals surface area (Å²) >= 11 is 0. The Morgan fingerprint density at radius 1 is 1.62 bits per heavy atom. The van der Waals surface area contributed by atoms with Gasteiger partial charge in [0, 0.05) is 26.6 Å². The van der Waals surface area contributed by atoms with E-state index in [0.29, 0.717) is 12.3 Å². The molecule has 0 radical (unpaired) electrons. The maximum Gasteiger partial charge on any atom is 0.222 e. The predicted octanol–water partition coefficient (Wildman–Crippen LogP) is 1.28. The van der Waals surface area contributed by atoms with Crippen molar-refractivity contribution in [2.45, 2.75) is 32.8 Å². The topological polar surface area (TPSA) is 29.5 Å². The lowest BCUT2D eigenvalue weighted by molar-refractivity contribution is -0.135. The predicted molar refractivity (Wildman–Crippen MR) is 51.4 cm³/mol. The van der Waals surface area contributed by atoms with Crippen LogP contribution in [0.2, 0.25) is 0 Å². The van der Waals surface area contributed by atoms with Gasteiger partial charge < -0.3 is 9.64 Å². The molecular formula is C10H19NO2. The molecular weight excluding hydrogens is 166 g/mol. The zero-order chi connectivity index (χ0) is 9.84. The summed E-state index contributed by atoms with van der Waals surface area (Å²) in [6.45, 7) is 5.75. The second-order valence-electron chi connectivity index (χ2n) is 3.73. The van der Waals surface area contributed by atoms with Crippen molar-refractivity contribution in [2.24, 2.45) is 5.92 Å². The first kappa shape index (κ1) is 10.5. The Morgan fingerprint density at radius 3 is 2.85 bits per heavy atom. The molecule has 0 N–H and O–H groups in total. The van der Waals surface area contributed by atoms with E-state index in [1.54, 1.807) is 7.11 Å². The standard InChI is InChI=1S/C10H19NO2/c1-4-10(12)11-6-5-8(2)9(7-11)13-3/h8-9H,4-7H2,1-3H3. The molecule has 0 saturated carbocycles. The van der Waals surface area contributed by atoms with Crippen molar-refractivity contribution in [3.63, 3.8) is 0 Å². The third-order valence-electron chi connectivity index (χ3n) is 2.85. The molecule has 76 valence electrons. The Balaban J connectivity index is 2.49. The summed E-state index contributed by atoms with van der Waals surface area (Å²) in [5.74, 6) is 0.819. The van der Waals surface area contributed by atoms with Gasteiger partial charge in [-0.1, -0.05) is 13.8 Å². The normalized spacial score (nSPS) is 29.0. The van der Waals surface area contributed by atoms with Gasteiger partial charge in [-0.2, -0.15) is 0 Å². The number of carbonyl (C=O) groups is 1. The van der Waals surface area contributed by atoms with Crippen molar-refractivity contribution < 1.29 is 9.53 Å². The van der Waals surface area contributed by atoms with Crippen LogP contribution in [-0.2, 0) is 9.53 Å². The molecule has 0 aromatic carbocycles. The average Bonchev–Trinajstić information content (AvgIpc) is 2.17. The number of ether oxygens (including phenoxy) is 1.